The molecule has 1 aliphatic heterocycles. The third-order valence-corrected chi connectivity index (χ3v) is 2.84. The van der Waals surface area contributed by atoms with Gasteiger partial charge in [-0.1, -0.05) is 0 Å². The number of aromatic nitrogens is 1. The van der Waals surface area contributed by atoms with Crippen molar-refractivity contribution in [2.24, 2.45) is 0 Å². The van der Waals surface area contributed by atoms with Gasteiger partial charge in [-0.15, -0.1) is 0 Å². The molecule has 2 heterocycles. The van der Waals surface area contributed by atoms with E-state index in [0.29, 0.717) is 5.75 Å². The number of nitrogens with one attached hydrogen (secondary N) is 1. The Morgan fingerprint density at radius 3 is 3.08 bits per heavy atom. The van der Waals surface area contributed by atoms with Crippen LogP contribution in [0.3, 0.4) is 0 Å². The van der Waals surface area contributed by atoms with Crippen molar-refractivity contribution in [3.63, 3.8) is 0 Å². The van der Waals surface area contributed by atoms with Crippen LogP contribution < -0.4 is 5.32 Å². The summed E-state index contributed by atoms with van der Waals surface area (Å²) < 4.78 is 0.969. The van der Waals surface area contributed by atoms with E-state index in [2.05, 4.69) is 32.9 Å². The van der Waals surface area contributed by atoms with Gasteiger partial charge in [-0.3, -0.25) is 4.98 Å². The first-order valence-corrected chi connectivity index (χ1v) is 5.43. The van der Waals surface area contributed by atoms with Crippen molar-refractivity contribution in [3.8, 4) is 5.75 Å². The maximum Gasteiger partial charge on any atom is 0.139 e. The number of hydrogen-bond acceptors (Lipinski definition) is 3. The van der Waals surface area contributed by atoms with E-state index in [4.69, 9.17) is 0 Å². The number of rotatable bonds is 1. The second-order valence-corrected chi connectivity index (χ2v) is 4.45. The van der Waals surface area contributed by atoms with Gasteiger partial charge in [0.25, 0.3) is 0 Å². The zero-order chi connectivity index (χ0) is 9.26. The van der Waals surface area contributed by atoms with Gasteiger partial charge < -0.3 is 10.4 Å². The fourth-order valence-electron chi connectivity index (χ4n) is 1.63. The highest BCUT2D eigenvalue weighted by atomic mass is 127. The molecule has 0 bridgehead atoms. The minimum Gasteiger partial charge on any atom is -0.506 e. The van der Waals surface area contributed by atoms with Crippen LogP contribution in [0.25, 0.3) is 0 Å². The Morgan fingerprint density at radius 2 is 2.46 bits per heavy atom. The Morgan fingerprint density at radius 1 is 1.62 bits per heavy atom. The molecule has 1 aliphatic rings. The molecule has 0 saturated carbocycles. The van der Waals surface area contributed by atoms with Crippen molar-refractivity contribution in [1.29, 1.82) is 0 Å². The zero-order valence-corrected chi connectivity index (χ0v) is 9.28. The molecule has 2 N–H and O–H groups in total. The molecule has 0 amide bonds. The van der Waals surface area contributed by atoms with Gasteiger partial charge in [0.1, 0.15) is 5.75 Å². The molecule has 2 rings (SSSR count). The number of aromatic hydroxyl groups is 1. The molecule has 13 heavy (non-hydrogen) atoms. The van der Waals surface area contributed by atoms with Gasteiger partial charge in [0, 0.05) is 9.77 Å². The van der Waals surface area contributed by atoms with Crippen LogP contribution in [0.2, 0.25) is 0 Å². The maximum absolute atomic E-state index is 9.64. The molecule has 0 aromatic carbocycles. The molecule has 1 saturated heterocycles. The highest BCUT2D eigenvalue weighted by Crippen LogP contribution is 2.28. The first-order valence-electron chi connectivity index (χ1n) is 4.35. The van der Waals surface area contributed by atoms with E-state index in [1.54, 1.807) is 12.3 Å². The highest BCUT2D eigenvalue weighted by molar-refractivity contribution is 14.1. The molecule has 0 spiro atoms. The molecule has 0 aliphatic carbocycles. The number of halogens is 1. The smallest absolute Gasteiger partial charge is 0.139 e. The average Bonchev–Trinajstić information content (AvgIpc) is 2.56. The van der Waals surface area contributed by atoms with E-state index in [-0.39, 0.29) is 6.04 Å². The SMILES string of the molecule is Oc1cc(I)cnc1[C@@H]1CCCN1. The quantitative estimate of drug-likeness (QED) is 0.775. The van der Waals surface area contributed by atoms with Gasteiger partial charge >= 0.3 is 0 Å². The Labute approximate surface area is 90.7 Å². The van der Waals surface area contributed by atoms with Crippen molar-refractivity contribution in [3.05, 3.63) is 21.5 Å². The van der Waals surface area contributed by atoms with Crippen LogP contribution in [0.5, 0.6) is 5.75 Å². The molecule has 3 nitrogen and oxygen atoms in total. The minimum absolute atomic E-state index is 0.247. The number of hydrogen-bond donors (Lipinski definition) is 2. The fourth-order valence-corrected chi connectivity index (χ4v) is 2.06. The highest BCUT2D eigenvalue weighted by Gasteiger charge is 2.20. The first kappa shape index (κ1) is 9.21. The van der Waals surface area contributed by atoms with Crippen LogP contribution in [0.1, 0.15) is 24.6 Å². The normalized spacial score (nSPS) is 22.1. The van der Waals surface area contributed by atoms with E-state index in [0.717, 1.165) is 28.7 Å². The van der Waals surface area contributed by atoms with Crippen molar-refractivity contribution in [1.82, 2.24) is 10.3 Å². The number of nitrogens with zero attached hydrogens (tertiary/aromatic N) is 1. The van der Waals surface area contributed by atoms with Crippen molar-refractivity contribution in [2.75, 3.05) is 6.54 Å². The van der Waals surface area contributed by atoms with E-state index in [1.165, 1.54) is 0 Å². The monoisotopic (exact) mass is 290 g/mol. The van der Waals surface area contributed by atoms with Gasteiger partial charge in [-0.05, 0) is 48.0 Å². The van der Waals surface area contributed by atoms with Gasteiger partial charge in [0.15, 0.2) is 0 Å². The zero-order valence-electron chi connectivity index (χ0n) is 7.13. The third kappa shape index (κ3) is 1.94. The van der Waals surface area contributed by atoms with E-state index in [9.17, 15) is 5.11 Å². The van der Waals surface area contributed by atoms with Crippen LogP contribution in [-0.2, 0) is 0 Å². The predicted molar refractivity (Wildman–Crippen MR) is 58.6 cm³/mol. The molecule has 0 unspecified atom stereocenters. The molecule has 1 atom stereocenters. The average molecular weight is 290 g/mol. The fraction of sp³-hybridized carbons (Fsp3) is 0.444. The summed E-state index contributed by atoms with van der Waals surface area (Å²) in [7, 11) is 0. The lowest BCUT2D eigenvalue weighted by Gasteiger charge is -2.10. The molecule has 1 aromatic heterocycles. The molecule has 1 aromatic rings. The Balaban J connectivity index is 2.29. The molecule has 0 radical (unpaired) electrons. The summed E-state index contributed by atoms with van der Waals surface area (Å²) in [6.45, 7) is 1.03. The molecule has 4 heteroatoms. The lowest BCUT2D eigenvalue weighted by molar-refractivity contribution is 0.450. The predicted octanol–water partition coefficient (Wildman–Crippen LogP) is 1.82. The van der Waals surface area contributed by atoms with Gasteiger partial charge in [-0.2, -0.15) is 0 Å². The van der Waals surface area contributed by atoms with Crippen LogP contribution >= 0.6 is 22.6 Å². The summed E-state index contributed by atoms with van der Waals surface area (Å²) in [5.74, 6) is 0.311. The lowest BCUT2D eigenvalue weighted by atomic mass is 10.1. The van der Waals surface area contributed by atoms with Crippen molar-refractivity contribution >= 4 is 22.6 Å². The second kappa shape index (κ2) is 3.79. The minimum atomic E-state index is 0.247. The van der Waals surface area contributed by atoms with Crippen LogP contribution in [0.15, 0.2) is 12.3 Å². The largest absolute Gasteiger partial charge is 0.506 e. The Kier molecular flexibility index (Phi) is 2.69. The Bertz CT molecular complexity index is 310. The number of pyridine rings is 1. The lowest BCUT2D eigenvalue weighted by Crippen LogP contribution is -2.14. The first-order chi connectivity index (χ1) is 6.27. The van der Waals surface area contributed by atoms with Gasteiger partial charge in [0.05, 0.1) is 11.7 Å². The van der Waals surface area contributed by atoms with Crippen molar-refractivity contribution in [2.45, 2.75) is 18.9 Å². The summed E-state index contributed by atoms with van der Waals surface area (Å²) in [6, 6.07) is 2.00. The third-order valence-electron chi connectivity index (χ3n) is 2.25. The molecular formula is C9H11IN2O. The van der Waals surface area contributed by atoms with Crippen LogP contribution in [0, 0.1) is 3.57 Å². The van der Waals surface area contributed by atoms with E-state index in [1.807, 2.05) is 0 Å². The molecular weight excluding hydrogens is 279 g/mol. The standard InChI is InChI=1S/C9H11IN2O/c10-6-4-8(13)9(12-5-6)7-2-1-3-11-7/h4-5,7,11,13H,1-3H2/t7-/m0/s1. The summed E-state index contributed by atoms with van der Waals surface area (Å²) in [4.78, 5) is 4.24. The summed E-state index contributed by atoms with van der Waals surface area (Å²) in [5.41, 5.74) is 0.790. The second-order valence-electron chi connectivity index (χ2n) is 3.21. The summed E-state index contributed by atoms with van der Waals surface area (Å²) in [5, 5.41) is 13.0. The Hall–Kier alpha value is -0.360. The topological polar surface area (TPSA) is 45.2 Å². The van der Waals surface area contributed by atoms with E-state index < -0.39 is 0 Å². The molecule has 1 fully saturated rings. The van der Waals surface area contributed by atoms with Crippen LogP contribution in [-0.4, -0.2) is 16.6 Å². The maximum atomic E-state index is 9.64. The summed E-state index contributed by atoms with van der Waals surface area (Å²) >= 11 is 2.14. The van der Waals surface area contributed by atoms with Gasteiger partial charge in [0.2, 0.25) is 0 Å². The van der Waals surface area contributed by atoms with Gasteiger partial charge in [-0.25, -0.2) is 0 Å². The molecule has 70 valence electrons. The van der Waals surface area contributed by atoms with Crippen molar-refractivity contribution < 1.29 is 5.11 Å². The summed E-state index contributed by atoms with van der Waals surface area (Å²) in [6.07, 6.45) is 4.02. The van der Waals surface area contributed by atoms with E-state index >= 15 is 0 Å². The van der Waals surface area contributed by atoms with Crippen LogP contribution in [0.4, 0.5) is 0 Å².